The Labute approximate surface area is 103 Å². The lowest BCUT2D eigenvalue weighted by Gasteiger charge is -2.06. The SMILES string of the molecule is CCOc1c[c]cc2c1c(Br)cn2C1CC1. The van der Waals surface area contributed by atoms with E-state index in [1.54, 1.807) is 0 Å². The van der Waals surface area contributed by atoms with E-state index >= 15 is 0 Å². The van der Waals surface area contributed by atoms with Crippen LogP contribution in [0.5, 0.6) is 5.75 Å². The van der Waals surface area contributed by atoms with Gasteiger partial charge in [0.2, 0.25) is 0 Å². The molecule has 0 atom stereocenters. The number of hydrogen-bond acceptors (Lipinski definition) is 1. The first-order chi connectivity index (χ1) is 7.81. The van der Waals surface area contributed by atoms with Gasteiger partial charge in [0.15, 0.2) is 0 Å². The number of nitrogens with zero attached hydrogens (tertiary/aromatic N) is 1. The lowest BCUT2D eigenvalue weighted by molar-refractivity contribution is 0.344. The monoisotopic (exact) mass is 278 g/mol. The summed E-state index contributed by atoms with van der Waals surface area (Å²) in [6.07, 6.45) is 4.74. The standard InChI is InChI=1S/C13H13BrNO/c1-2-16-12-5-3-4-11-13(12)10(14)8-15(11)9-6-7-9/h4-5,8-9H,2,6-7H2,1H3. The maximum Gasteiger partial charge on any atom is 0.130 e. The van der Waals surface area contributed by atoms with Crippen LogP contribution in [0.3, 0.4) is 0 Å². The van der Waals surface area contributed by atoms with E-state index < -0.39 is 0 Å². The quantitative estimate of drug-likeness (QED) is 0.830. The number of ether oxygens (including phenoxy) is 1. The van der Waals surface area contributed by atoms with Gasteiger partial charge in [-0.1, -0.05) is 0 Å². The number of aromatic nitrogens is 1. The van der Waals surface area contributed by atoms with Gasteiger partial charge in [-0.3, -0.25) is 0 Å². The molecule has 16 heavy (non-hydrogen) atoms. The Morgan fingerprint density at radius 3 is 3.00 bits per heavy atom. The van der Waals surface area contributed by atoms with Crippen LogP contribution in [0, 0.1) is 6.07 Å². The van der Waals surface area contributed by atoms with Gasteiger partial charge in [-0.05, 0) is 53.9 Å². The first kappa shape index (κ1) is 10.2. The fourth-order valence-electron chi connectivity index (χ4n) is 2.09. The molecule has 0 aliphatic heterocycles. The van der Waals surface area contributed by atoms with E-state index in [0.717, 1.165) is 10.2 Å². The summed E-state index contributed by atoms with van der Waals surface area (Å²) < 4.78 is 9.09. The Bertz CT molecular complexity index is 528. The third-order valence-electron chi connectivity index (χ3n) is 2.95. The van der Waals surface area contributed by atoms with E-state index in [0.29, 0.717) is 12.6 Å². The van der Waals surface area contributed by atoms with Crippen molar-refractivity contribution in [3.8, 4) is 5.75 Å². The fraction of sp³-hybridized carbons (Fsp3) is 0.385. The molecule has 1 aliphatic rings. The molecule has 0 spiro atoms. The molecule has 1 heterocycles. The predicted molar refractivity (Wildman–Crippen MR) is 67.9 cm³/mol. The summed E-state index contributed by atoms with van der Waals surface area (Å²) in [5.74, 6) is 0.922. The zero-order valence-corrected chi connectivity index (χ0v) is 10.8. The lowest BCUT2D eigenvalue weighted by atomic mass is 10.2. The van der Waals surface area contributed by atoms with E-state index in [9.17, 15) is 0 Å². The molecule has 0 N–H and O–H groups in total. The lowest BCUT2D eigenvalue weighted by Crippen LogP contribution is -1.93. The van der Waals surface area contributed by atoms with Crippen LogP contribution < -0.4 is 4.74 Å². The van der Waals surface area contributed by atoms with Crippen LogP contribution in [-0.2, 0) is 0 Å². The van der Waals surface area contributed by atoms with Gasteiger partial charge in [-0.2, -0.15) is 0 Å². The average molecular weight is 279 g/mol. The number of benzene rings is 1. The number of rotatable bonds is 3. The van der Waals surface area contributed by atoms with Gasteiger partial charge in [0, 0.05) is 16.7 Å². The highest BCUT2D eigenvalue weighted by Crippen LogP contribution is 2.42. The molecule has 1 radical (unpaired) electrons. The van der Waals surface area contributed by atoms with Crippen LogP contribution in [0.4, 0.5) is 0 Å². The third kappa shape index (κ3) is 1.54. The highest BCUT2D eigenvalue weighted by molar-refractivity contribution is 9.10. The molecular formula is C13H13BrNO. The molecule has 3 heteroatoms. The van der Waals surface area contributed by atoms with Crippen molar-refractivity contribution in [2.75, 3.05) is 6.61 Å². The van der Waals surface area contributed by atoms with E-state index in [-0.39, 0.29) is 0 Å². The van der Waals surface area contributed by atoms with Gasteiger partial charge in [0.1, 0.15) is 5.75 Å². The van der Waals surface area contributed by atoms with Crippen molar-refractivity contribution in [3.05, 3.63) is 28.9 Å². The second kappa shape index (κ2) is 3.81. The Morgan fingerprint density at radius 2 is 2.31 bits per heavy atom. The highest BCUT2D eigenvalue weighted by Gasteiger charge is 2.26. The molecule has 1 aromatic heterocycles. The molecule has 0 saturated heterocycles. The number of hydrogen-bond donors (Lipinski definition) is 0. The Balaban J connectivity index is 2.22. The van der Waals surface area contributed by atoms with Crippen molar-refractivity contribution < 1.29 is 4.74 Å². The predicted octanol–water partition coefficient (Wildman–Crippen LogP) is 3.94. The van der Waals surface area contributed by atoms with Crippen molar-refractivity contribution in [1.29, 1.82) is 0 Å². The molecule has 2 nitrogen and oxygen atoms in total. The smallest absolute Gasteiger partial charge is 0.130 e. The molecule has 83 valence electrons. The Morgan fingerprint density at radius 1 is 1.50 bits per heavy atom. The van der Waals surface area contributed by atoms with Crippen molar-refractivity contribution in [3.63, 3.8) is 0 Å². The minimum absolute atomic E-state index is 0.680. The van der Waals surface area contributed by atoms with Gasteiger partial charge < -0.3 is 9.30 Å². The average Bonchev–Trinajstić information content (AvgIpc) is 3.05. The molecule has 1 fully saturated rings. The molecule has 1 aromatic carbocycles. The topological polar surface area (TPSA) is 14.2 Å². The van der Waals surface area contributed by atoms with E-state index in [2.05, 4.69) is 32.8 Å². The van der Waals surface area contributed by atoms with Crippen molar-refractivity contribution in [1.82, 2.24) is 4.57 Å². The Hall–Kier alpha value is -0.960. The van der Waals surface area contributed by atoms with Crippen molar-refractivity contribution >= 4 is 26.8 Å². The van der Waals surface area contributed by atoms with Gasteiger partial charge >= 0.3 is 0 Å². The van der Waals surface area contributed by atoms with E-state index in [1.165, 1.54) is 23.7 Å². The molecule has 0 unspecified atom stereocenters. The van der Waals surface area contributed by atoms with Crippen molar-refractivity contribution in [2.24, 2.45) is 0 Å². The molecule has 1 aliphatic carbocycles. The molecule has 0 bridgehead atoms. The zero-order chi connectivity index (χ0) is 11.1. The second-order valence-electron chi connectivity index (χ2n) is 4.13. The van der Waals surface area contributed by atoms with Gasteiger partial charge in [0.05, 0.1) is 17.5 Å². The largest absolute Gasteiger partial charge is 0.493 e. The molecule has 1 saturated carbocycles. The summed E-state index contributed by atoms with van der Waals surface area (Å²) in [7, 11) is 0. The molecule has 2 aromatic rings. The Kier molecular flexibility index (Phi) is 2.43. The van der Waals surface area contributed by atoms with Crippen molar-refractivity contribution in [2.45, 2.75) is 25.8 Å². The summed E-state index contributed by atoms with van der Waals surface area (Å²) in [5, 5.41) is 1.17. The van der Waals surface area contributed by atoms with Gasteiger partial charge in [0.25, 0.3) is 0 Å². The number of fused-ring (bicyclic) bond motifs is 1. The zero-order valence-electron chi connectivity index (χ0n) is 9.16. The first-order valence-electron chi connectivity index (χ1n) is 5.64. The van der Waals surface area contributed by atoms with Crippen LogP contribution in [0.25, 0.3) is 10.9 Å². The fourth-order valence-corrected chi connectivity index (χ4v) is 2.71. The summed E-state index contributed by atoms with van der Waals surface area (Å²) >= 11 is 3.62. The van der Waals surface area contributed by atoms with Crippen LogP contribution in [0.15, 0.2) is 22.8 Å². The third-order valence-corrected chi connectivity index (χ3v) is 3.55. The van der Waals surface area contributed by atoms with E-state index in [1.807, 2.05) is 19.1 Å². The van der Waals surface area contributed by atoms with Crippen LogP contribution in [-0.4, -0.2) is 11.2 Å². The molecular weight excluding hydrogens is 266 g/mol. The molecule has 0 amide bonds. The van der Waals surface area contributed by atoms with E-state index in [4.69, 9.17) is 4.74 Å². The maximum atomic E-state index is 5.64. The van der Waals surface area contributed by atoms with Gasteiger partial charge in [-0.15, -0.1) is 0 Å². The maximum absolute atomic E-state index is 5.64. The summed E-state index contributed by atoms with van der Waals surface area (Å²) in [4.78, 5) is 0. The van der Waals surface area contributed by atoms with Crippen LogP contribution in [0.1, 0.15) is 25.8 Å². The molecule has 3 rings (SSSR count). The first-order valence-corrected chi connectivity index (χ1v) is 6.43. The summed E-state index contributed by atoms with van der Waals surface area (Å²) in [6.45, 7) is 2.69. The second-order valence-corrected chi connectivity index (χ2v) is 4.98. The summed E-state index contributed by atoms with van der Waals surface area (Å²) in [5.41, 5.74) is 1.22. The van der Waals surface area contributed by atoms with Crippen LogP contribution in [0.2, 0.25) is 0 Å². The minimum Gasteiger partial charge on any atom is -0.493 e. The van der Waals surface area contributed by atoms with Crippen LogP contribution >= 0.6 is 15.9 Å². The summed E-state index contributed by atoms with van der Waals surface area (Å²) in [6, 6.07) is 7.79. The van der Waals surface area contributed by atoms with Gasteiger partial charge in [-0.25, -0.2) is 0 Å². The number of halogens is 1. The minimum atomic E-state index is 0.680. The highest BCUT2D eigenvalue weighted by atomic mass is 79.9. The normalized spacial score (nSPS) is 15.6.